The fourth-order valence-corrected chi connectivity index (χ4v) is 5.60. The molecule has 2 aliphatic carbocycles. The number of halogens is 1. The van der Waals surface area contributed by atoms with E-state index in [2.05, 4.69) is 6.92 Å². The maximum absolute atomic E-state index is 13.0. The second-order valence-corrected chi connectivity index (χ2v) is 9.22. The second kappa shape index (κ2) is 10.5. The van der Waals surface area contributed by atoms with Gasteiger partial charge in [0, 0.05) is 0 Å². The van der Waals surface area contributed by atoms with E-state index in [1.54, 1.807) is 12.1 Å². The Kier molecular flexibility index (Phi) is 8.02. The molecule has 0 amide bonds. The monoisotopic (exact) mass is 358 g/mol. The van der Waals surface area contributed by atoms with Crippen molar-refractivity contribution < 1.29 is 4.39 Å². The Labute approximate surface area is 161 Å². The normalized spacial score (nSPS) is 29.6. The van der Waals surface area contributed by atoms with Gasteiger partial charge >= 0.3 is 0 Å². The molecule has 0 spiro atoms. The summed E-state index contributed by atoms with van der Waals surface area (Å²) in [7, 11) is 0. The number of hydrogen-bond acceptors (Lipinski definition) is 0. The first-order chi connectivity index (χ1) is 12.7. The molecule has 3 rings (SSSR count). The van der Waals surface area contributed by atoms with Crippen LogP contribution in [0.5, 0.6) is 0 Å². The second-order valence-electron chi connectivity index (χ2n) is 9.22. The minimum Gasteiger partial charge on any atom is -0.207 e. The fraction of sp³-hybridized carbons (Fsp3) is 0.760. The summed E-state index contributed by atoms with van der Waals surface area (Å²) in [4.78, 5) is 0. The number of aryl methyl sites for hydroxylation is 1. The lowest BCUT2D eigenvalue weighted by Crippen LogP contribution is -2.26. The predicted octanol–water partition coefficient (Wildman–Crippen LogP) is 7.95. The third-order valence-corrected chi connectivity index (χ3v) is 7.42. The van der Waals surface area contributed by atoms with Crippen LogP contribution in [0.4, 0.5) is 4.39 Å². The number of benzene rings is 1. The van der Waals surface area contributed by atoms with Gasteiger partial charge in [0.15, 0.2) is 0 Å². The lowest BCUT2D eigenvalue weighted by Gasteiger charge is -2.38. The molecule has 2 fully saturated rings. The molecule has 0 radical (unpaired) electrons. The Balaban J connectivity index is 1.32. The van der Waals surface area contributed by atoms with Crippen molar-refractivity contribution in [3.63, 3.8) is 0 Å². The van der Waals surface area contributed by atoms with E-state index in [0.29, 0.717) is 0 Å². The molecular weight excluding hydrogens is 319 g/mol. The Morgan fingerprint density at radius 1 is 0.731 bits per heavy atom. The number of rotatable bonds is 8. The van der Waals surface area contributed by atoms with Gasteiger partial charge in [0.2, 0.25) is 0 Å². The van der Waals surface area contributed by atoms with Crippen LogP contribution in [0.3, 0.4) is 0 Å². The molecule has 1 heteroatoms. The molecular formula is C25H39F. The van der Waals surface area contributed by atoms with Crippen molar-refractivity contribution in [1.82, 2.24) is 0 Å². The Morgan fingerprint density at radius 2 is 1.27 bits per heavy atom. The van der Waals surface area contributed by atoms with Crippen LogP contribution < -0.4 is 0 Å². The quantitative estimate of drug-likeness (QED) is 0.413. The first-order valence-electron chi connectivity index (χ1n) is 11.5. The molecule has 0 atom stereocenters. The van der Waals surface area contributed by atoms with Gasteiger partial charge in [-0.05, 0) is 79.9 Å². The highest BCUT2D eigenvalue weighted by molar-refractivity contribution is 5.16. The molecule has 0 nitrogen and oxygen atoms in total. The molecule has 0 bridgehead atoms. The predicted molar refractivity (Wildman–Crippen MR) is 110 cm³/mol. The van der Waals surface area contributed by atoms with Crippen LogP contribution in [-0.2, 0) is 6.42 Å². The third kappa shape index (κ3) is 6.10. The van der Waals surface area contributed by atoms with E-state index in [1.165, 1.54) is 89.0 Å². The van der Waals surface area contributed by atoms with Gasteiger partial charge in [-0.15, -0.1) is 0 Å². The van der Waals surface area contributed by atoms with Gasteiger partial charge in [-0.1, -0.05) is 70.4 Å². The van der Waals surface area contributed by atoms with Gasteiger partial charge in [0.05, 0.1) is 0 Å². The zero-order valence-electron chi connectivity index (χ0n) is 16.9. The highest BCUT2D eigenvalue weighted by Gasteiger charge is 2.30. The van der Waals surface area contributed by atoms with E-state index < -0.39 is 0 Å². The molecule has 26 heavy (non-hydrogen) atoms. The van der Waals surface area contributed by atoms with E-state index in [0.717, 1.165) is 30.1 Å². The summed E-state index contributed by atoms with van der Waals surface area (Å²) in [6.07, 6.45) is 20.0. The van der Waals surface area contributed by atoms with Gasteiger partial charge in [-0.3, -0.25) is 0 Å². The van der Waals surface area contributed by atoms with Crippen molar-refractivity contribution in [2.24, 2.45) is 23.7 Å². The van der Waals surface area contributed by atoms with Crippen molar-refractivity contribution in [3.8, 4) is 0 Å². The van der Waals surface area contributed by atoms with E-state index in [-0.39, 0.29) is 5.82 Å². The van der Waals surface area contributed by atoms with E-state index in [9.17, 15) is 4.39 Å². The van der Waals surface area contributed by atoms with Crippen molar-refractivity contribution in [1.29, 1.82) is 0 Å². The van der Waals surface area contributed by atoms with Gasteiger partial charge < -0.3 is 0 Å². The summed E-state index contributed by atoms with van der Waals surface area (Å²) in [6.45, 7) is 2.31. The van der Waals surface area contributed by atoms with Crippen molar-refractivity contribution in [2.75, 3.05) is 0 Å². The molecule has 2 saturated carbocycles. The third-order valence-electron chi connectivity index (χ3n) is 7.42. The molecule has 0 unspecified atom stereocenters. The maximum Gasteiger partial charge on any atom is 0.123 e. The minimum atomic E-state index is -0.116. The topological polar surface area (TPSA) is 0 Å². The number of hydrogen-bond donors (Lipinski definition) is 0. The molecule has 0 aliphatic heterocycles. The lowest BCUT2D eigenvalue weighted by molar-refractivity contribution is 0.140. The van der Waals surface area contributed by atoms with Crippen molar-refractivity contribution in [2.45, 2.75) is 96.8 Å². The average Bonchev–Trinajstić information content (AvgIpc) is 2.69. The lowest BCUT2D eigenvalue weighted by atomic mass is 9.68. The summed E-state index contributed by atoms with van der Waals surface area (Å²) in [5.74, 6) is 3.89. The van der Waals surface area contributed by atoms with E-state index in [1.807, 2.05) is 12.1 Å². The van der Waals surface area contributed by atoms with Crippen molar-refractivity contribution >= 4 is 0 Å². The van der Waals surface area contributed by atoms with Crippen molar-refractivity contribution in [3.05, 3.63) is 35.6 Å². The fourth-order valence-electron chi connectivity index (χ4n) is 5.60. The van der Waals surface area contributed by atoms with Crippen LogP contribution in [-0.4, -0.2) is 0 Å². The van der Waals surface area contributed by atoms with Gasteiger partial charge in [-0.2, -0.15) is 0 Å². The molecule has 146 valence electrons. The standard InChI is InChI=1S/C25H39F/c1-2-3-4-5-20-8-14-23(15-9-20)24-16-10-21(11-17-24)6-7-22-12-18-25(26)19-13-22/h12-13,18-21,23-24H,2-11,14-17H2,1H3/t20-,21?,23-,24?. The van der Waals surface area contributed by atoms with Crippen LogP contribution in [0.2, 0.25) is 0 Å². The SMILES string of the molecule is CCCCC[C@H]1CC[C@H](C2CCC(CCc3ccc(F)cc3)CC2)CC1. The molecule has 1 aromatic rings. The zero-order valence-corrected chi connectivity index (χ0v) is 16.9. The average molecular weight is 359 g/mol. The Bertz CT molecular complexity index is 489. The molecule has 2 aliphatic rings. The summed E-state index contributed by atoms with van der Waals surface area (Å²) >= 11 is 0. The minimum absolute atomic E-state index is 0.116. The molecule has 0 N–H and O–H groups in total. The number of unbranched alkanes of at least 4 members (excludes halogenated alkanes) is 2. The molecule has 0 saturated heterocycles. The molecule has 0 aromatic heterocycles. The van der Waals surface area contributed by atoms with Gasteiger partial charge in [0.25, 0.3) is 0 Å². The maximum atomic E-state index is 13.0. The van der Waals surface area contributed by atoms with Crippen LogP contribution >= 0.6 is 0 Å². The molecule has 0 heterocycles. The van der Waals surface area contributed by atoms with Gasteiger partial charge in [0.1, 0.15) is 5.82 Å². The zero-order chi connectivity index (χ0) is 18.2. The highest BCUT2D eigenvalue weighted by Crippen LogP contribution is 2.43. The first-order valence-corrected chi connectivity index (χ1v) is 11.5. The smallest absolute Gasteiger partial charge is 0.123 e. The Hall–Kier alpha value is -0.850. The highest BCUT2D eigenvalue weighted by atomic mass is 19.1. The summed E-state index contributed by atoms with van der Waals surface area (Å²) < 4.78 is 13.0. The van der Waals surface area contributed by atoms with E-state index in [4.69, 9.17) is 0 Å². The van der Waals surface area contributed by atoms with Gasteiger partial charge in [-0.25, -0.2) is 4.39 Å². The van der Waals surface area contributed by atoms with E-state index >= 15 is 0 Å². The summed E-state index contributed by atoms with van der Waals surface area (Å²) in [5.41, 5.74) is 1.30. The van der Waals surface area contributed by atoms with Crippen LogP contribution in [0.1, 0.15) is 96.0 Å². The summed E-state index contributed by atoms with van der Waals surface area (Å²) in [6, 6.07) is 7.12. The largest absolute Gasteiger partial charge is 0.207 e. The van der Waals surface area contributed by atoms with Crippen LogP contribution in [0.25, 0.3) is 0 Å². The van der Waals surface area contributed by atoms with Crippen LogP contribution in [0, 0.1) is 29.5 Å². The Morgan fingerprint density at radius 3 is 1.81 bits per heavy atom. The molecule has 1 aromatic carbocycles. The van der Waals surface area contributed by atoms with Crippen LogP contribution in [0.15, 0.2) is 24.3 Å². The summed E-state index contributed by atoms with van der Waals surface area (Å²) in [5, 5.41) is 0. The first kappa shape index (κ1) is 19.9.